The second-order valence-electron chi connectivity index (χ2n) is 0. The second-order valence-corrected chi connectivity index (χ2v) is 0. The van der Waals surface area contributed by atoms with Gasteiger partial charge in [0.2, 0.25) is 0 Å². The summed E-state index contributed by atoms with van der Waals surface area (Å²) in [5.74, 6) is 0. The monoisotopic (exact) mass is 270 g/mol. The van der Waals surface area contributed by atoms with Gasteiger partial charge in [-0.3, -0.25) is 0 Å². The molecule has 0 N–H and O–H groups in total. The molecule has 0 heterocycles. The molecule has 0 aliphatic rings. The molecule has 0 aromatic rings. The van der Waals surface area contributed by atoms with Gasteiger partial charge in [-0.25, -0.2) is 0 Å². The Morgan fingerprint density at radius 3 is 1.00 bits per heavy atom. The first-order valence-corrected chi connectivity index (χ1v) is 0. The summed E-state index contributed by atoms with van der Waals surface area (Å²) >= 11 is 0. The van der Waals surface area contributed by atoms with Crippen molar-refractivity contribution in [3.63, 3.8) is 0 Å². The predicted molar refractivity (Wildman–Crippen MR) is 9.94 cm³/mol. The average molecular weight is 273 g/mol. The quantitative estimate of drug-likeness (QED) is 0.487. The topological polar surface area (TPSA) is 0 Å². The van der Waals surface area contributed by atoms with Gasteiger partial charge >= 0.3 is 0 Å². The van der Waals surface area contributed by atoms with Gasteiger partial charge in [0.05, 0.1) is 0 Å². The molecule has 0 aromatic heterocycles. The SMILES string of the molecule is [AlH3].[Cu].[Mn].[Ni].[Zn]. The first kappa shape index (κ1) is 47.6. The molecule has 0 aliphatic carbocycles. The van der Waals surface area contributed by atoms with Crippen molar-refractivity contribution in [3.8, 4) is 0 Å². The van der Waals surface area contributed by atoms with Gasteiger partial charge in [-0.15, -0.1) is 0 Å². The van der Waals surface area contributed by atoms with Crippen LogP contribution in [0.3, 0.4) is 0 Å². The Kier molecular flexibility index (Phi) is 285. The number of hydrogen-bond acceptors (Lipinski definition) is 0. The van der Waals surface area contributed by atoms with Crippen molar-refractivity contribution in [2.24, 2.45) is 0 Å². The van der Waals surface area contributed by atoms with Gasteiger partial charge in [-0.05, 0) is 0 Å². The molecule has 5 heteroatoms. The van der Waals surface area contributed by atoms with Crippen molar-refractivity contribution in [2.75, 3.05) is 0 Å². The van der Waals surface area contributed by atoms with Crippen molar-refractivity contribution < 1.29 is 70.1 Å². The van der Waals surface area contributed by atoms with Crippen LogP contribution in [-0.4, -0.2) is 17.4 Å². The van der Waals surface area contributed by atoms with Gasteiger partial charge in [0.25, 0.3) is 0 Å². The molecular weight excluding hydrogens is 270 g/mol. The van der Waals surface area contributed by atoms with Crippen LogP contribution in [0.25, 0.3) is 0 Å². The molecule has 0 bridgehead atoms. The molecular formula is H3AlCuMnNiZn. The van der Waals surface area contributed by atoms with E-state index in [0.29, 0.717) is 0 Å². The van der Waals surface area contributed by atoms with Crippen molar-refractivity contribution >= 4 is 17.4 Å². The standard InChI is InChI=1S/Al.Cu.Mn.Ni.Zn.3H. The van der Waals surface area contributed by atoms with Gasteiger partial charge in [0.15, 0.2) is 17.4 Å². The van der Waals surface area contributed by atoms with E-state index in [1.54, 1.807) is 0 Å². The zero-order chi connectivity index (χ0) is 0. The third-order valence-electron chi connectivity index (χ3n) is 0. The second kappa shape index (κ2) is 29.9. The molecule has 0 fully saturated rings. The summed E-state index contributed by atoms with van der Waals surface area (Å²) in [5, 5.41) is 0. The first-order chi connectivity index (χ1) is 0. The summed E-state index contributed by atoms with van der Waals surface area (Å²) in [5.41, 5.74) is 0. The van der Waals surface area contributed by atoms with Crippen LogP contribution in [0.2, 0.25) is 0 Å². The smallest absolute Gasteiger partial charge is 0 e. The van der Waals surface area contributed by atoms with Crippen LogP contribution in [0, 0.1) is 0 Å². The Labute approximate surface area is 86.4 Å². The molecule has 2 radical (unpaired) electrons. The Hall–Kier alpha value is 2.69. The minimum atomic E-state index is 0. The molecule has 0 saturated heterocycles. The number of hydrogen-bond donors (Lipinski definition) is 0. The van der Waals surface area contributed by atoms with Crippen molar-refractivity contribution in [1.82, 2.24) is 0 Å². The predicted octanol–water partition coefficient (Wildman–Crippen LogP) is -1.19. The molecule has 0 rings (SSSR count). The Morgan fingerprint density at radius 2 is 1.00 bits per heavy atom. The Bertz CT molecular complexity index is 11.6. The molecule has 0 spiro atoms. The minimum absolute atomic E-state index is 0. The maximum absolute atomic E-state index is 0. The maximum atomic E-state index is 0. The minimum Gasteiger partial charge on any atom is 0 e. The summed E-state index contributed by atoms with van der Waals surface area (Å²) in [6, 6.07) is 0. The molecule has 0 aliphatic heterocycles. The van der Waals surface area contributed by atoms with Gasteiger partial charge < -0.3 is 0 Å². The zero-order valence-corrected chi connectivity index (χ0v) is 7.78. The van der Waals surface area contributed by atoms with E-state index >= 15 is 0 Å². The first-order valence-electron chi connectivity index (χ1n) is 0. The summed E-state index contributed by atoms with van der Waals surface area (Å²) < 4.78 is 0. The van der Waals surface area contributed by atoms with Crippen LogP contribution in [0.15, 0.2) is 0 Å². The van der Waals surface area contributed by atoms with Crippen LogP contribution in [0.5, 0.6) is 0 Å². The normalized spacial score (nSPS) is 0. The van der Waals surface area contributed by atoms with Crippen molar-refractivity contribution in [1.29, 1.82) is 0 Å². The van der Waals surface area contributed by atoms with E-state index < -0.39 is 0 Å². The summed E-state index contributed by atoms with van der Waals surface area (Å²) in [6.45, 7) is 0. The fraction of sp³-hybridized carbons (Fsp3) is 0. The van der Waals surface area contributed by atoms with Crippen molar-refractivity contribution in [2.45, 2.75) is 0 Å². The average Bonchev–Trinajstić information content (AvgIpc) is 0. The fourth-order valence-corrected chi connectivity index (χ4v) is 0. The van der Waals surface area contributed by atoms with Crippen LogP contribution in [-0.2, 0) is 70.1 Å². The van der Waals surface area contributed by atoms with Crippen LogP contribution >= 0.6 is 0 Å². The molecule has 5 heavy (non-hydrogen) atoms. The van der Waals surface area contributed by atoms with E-state index in [9.17, 15) is 0 Å². The van der Waals surface area contributed by atoms with E-state index in [1.807, 2.05) is 0 Å². The largest absolute Gasteiger partial charge is 0.187 e. The molecule has 0 amide bonds. The Balaban J connectivity index is 0. The van der Waals surface area contributed by atoms with Gasteiger partial charge in [0.1, 0.15) is 0 Å². The van der Waals surface area contributed by atoms with Crippen molar-refractivity contribution in [3.05, 3.63) is 0 Å². The molecule has 0 unspecified atom stereocenters. The molecule has 0 atom stereocenters. The van der Waals surface area contributed by atoms with Crippen LogP contribution in [0.4, 0.5) is 0 Å². The molecule has 0 aromatic carbocycles. The summed E-state index contributed by atoms with van der Waals surface area (Å²) in [4.78, 5) is 0. The van der Waals surface area contributed by atoms with E-state index in [-0.39, 0.29) is 87.5 Å². The van der Waals surface area contributed by atoms with Gasteiger partial charge in [0, 0.05) is 70.1 Å². The maximum Gasteiger partial charge on any atom is 0.187 e. The van der Waals surface area contributed by atoms with E-state index in [2.05, 4.69) is 0 Å². The Morgan fingerprint density at radius 1 is 1.00 bits per heavy atom. The molecule has 36 valence electrons. The molecule has 0 saturated carbocycles. The molecule has 0 nitrogen and oxygen atoms in total. The van der Waals surface area contributed by atoms with Gasteiger partial charge in [-0.2, -0.15) is 0 Å². The van der Waals surface area contributed by atoms with E-state index in [4.69, 9.17) is 0 Å². The van der Waals surface area contributed by atoms with E-state index in [1.165, 1.54) is 0 Å². The van der Waals surface area contributed by atoms with Crippen LogP contribution in [0.1, 0.15) is 0 Å². The third-order valence-corrected chi connectivity index (χ3v) is 0. The number of rotatable bonds is 0. The van der Waals surface area contributed by atoms with E-state index in [0.717, 1.165) is 0 Å². The van der Waals surface area contributed by atoms with Gasteiger partial charge in [-0.1, -0.05) is 0 Å². The summed E-state index contributed by atoms with van der Waals surface area (Å²) in [6.07, 6.45) is 0. The summed E-state index contributed by atoms with van der Waals surface area (Å²) in [7, 11) is 0. The third kappa shape index (κ3) is 20.3. The van der Waals surface area contributed by atoms with Crippen LogP contribution < -0.4 is 0 Å². The zero-order valence-electron chi connectivity index (χ0n) is 1.70. The fourth-order valence-electron chi connectivity index (χ4n) is 0.